The van der Waals surface area contributed by atoms with E-state index in [-0.39, 0.29) is 11.8 Å². The van der Waals surface area contributed by atoms with Crippen LogP contribution in [0.15, 0.2) is 60.7 Å². The smallest absolute Gasteiger partial charge is 0.234 e. The lowest BCUT2D eigenvalue weighted by molar-refractivity contribution is -0.120. The molecule has 0 aromatic heterocycles. The van der Waals surface area contributed by atoms with Crippen molar-refractivity contribution in [3.05, 3.63) is 93.0 Å². The lowest BCUT2D eigenvalue weighted by atomic mass is 9.81. The summed E-state index contributed by atoms with van der Waals surface area (Å²) in [5, 5.41) is 1.12. The normalized spacial score (nSPS) is 15.3. The Labute approximate surface area is 206 Å². The van der Waals surface area contributed by atoms with Crippen LogP contribution in [0.1, 0.15) is 60.8 Å². The minimum absolute atomic E-state index is 0.0532. The number of halogens is 2. The first kappa shape index (κ1) is 23.7. The number of anilines is 1. The van der Waals surface area contributed by atoms with Gasteiger partial charge in [-0.2, -0.15) is 0 Å². The molecule has 0 spiro atoms. The Morgan fingerprint density at radius 2 is 1.76 bits per heavy atom. The molecule has 0 saturated carbocycles. The summed E-state index contributed by atoms with van der Waals surface area (Å²) >= 11 is 13.0. The number of fused-ring (bicyclic) bond motifs is 1. The van der Waals surface area contributed by atoms with E-state index in [4.69, 9.17) is 27.9 Å². The maximum Gasteiger partial charge on any atom is 0.234 e. The molecule has 0 radical (unpaired) electrons. The standard InChI is InChI=1S/C28H29Cl2NO2/c1-18(2)19-10-13-21(14-11-19)31(17-25-26(29)8-5-9-27(25)30)28(32)23-7-4-6-20-12-15-22(33-3)16-24(20)23/h5,8-16,18,23H,4,6-7,17H2,1-3H3. The highest BCUT2D eigenvalue weighted by Gasteiger charge is 2.32. The van der Waals surface area contributed by atoms with E-state index < -0.39 is 0 Å². The molecule has 4 rings (SSSR count). The molecule has 0 saturated heterocycles. The van der Waals surface area contributed by atoms with Gasteiger partial charge in [-0.1, -0.05) is 61.3 Å². The highest BCUT2D eigenvalue weighted by molar-refractivity contribution is 6.36. The largest absolute Gasteiger partial charge is 0.497 e. The van der Waals surface area contributed by atoms with Crippen LogP contribution in [0.4, 0.5) is 5.69 Å². The molecule has 1 atom stereocenters. The van der Waals surface area contributed by atoms with Gasteiger partial charge in [0.1, 0.15) is 5.75 Å². The van der Waals surface area contributed by atoms with Crippen LogP contribution in [0.2, 0.25) is 10.0 Å². The average Bonchev–Trinajstić information content (AvgIpc) is 2.83. The van der Waals surface area contributed by atoms with Crippen molar-refractivity contribution in [3.63, 3.8) is 0 Å². The second kappa shape index (κ2) is 10.2. The molecule has 0 aliphatic heterocycles. The van der Waals surface area contributed by atoms with E-state index in [2.05, 4.69) is 32.0 Å². The van der Waals surface area contributed by atoms with Gasteiger partial charge in [0.05, 0.1) is 19.6 Å². The van der Waals surface area contributed by atoms with E-state index in [1.807, 2.05) is 47.4 Å². The number of carbonyl (C=O) groups is 1. The summed E-state index contributed by atoms with van der Waals surface area (Å²) in [5.41, 5.74) is 5.10. The van der Waals surface area contributed by atoms with Crippen molar-refractivity contribution >= 4 is 34.8 Å². The SMILES string of the molecule is COc1ccc2c(c1)C(C(=O)N(Cc1c(Cl)cccc1Cl)c1ccc(C(C)C)cc1)CCC2. The molecule has 1 aliphatic rings. The molecule has 0 heterocycles. The lowest BCUT2D eigenvalue weighted by Crippen LogP contribution is -2.36. The van der Waals surface area contributed by atoms with E-state index in [0.717, 1.165) is 41.8 Å². The fourth-order valence-corrected chi connectivity index (χ4v) is 5.04. The summed E-state index contributed by atoms with van der Waals surface area (Å²) in [7, 11) is 1.66. The van der Waals surface area contributed by atoms with Gasteiger partial charge in [-0.05, 0) is 78.3 Å². The van der Waals surface area contributed by atoms with E-state index >= 15 is 0 Å². The summed E-state index contributed by atoms with van der Waals surface area (Å²) in [6.07, 6.45) is 2.75. The van der Waals surface area contributed by atoms with Crippen LogP contribution in [-0.2, 0) is 17.8 Å². The van der Waals surface area contributed by atoms with Crippen molar-refractivity contribution in [3.8, 4) is 5.75 Å². The molecule has 172 valence electrons. The Morgan fingerprint density at radius 1 is 1.06 bits per heavy atom. The Kier molecular flexibility index (Phi) is 7.31. The van der Waals surface area contributed by atoms with Crippen LogP contribution in [-0.4, -0.2) is 13.0 Å². The van der Waals surface area contributed by atoms with Crippen LogP contribution in [0.3, 0.4) is 0 Å². The number of hydrogen-bond donors (Lipinski definition) is 0. The number of methoxy groups -OCH3 is 1. The quantitative estimate of drug-likeness (QED) is 0.359. The summed E-state index contributed by atoms with van der Waals surface area (Å²) in [6.45, 7) is 4.63. The molecule has 33 heavy (non-hydrogen) atoms. The third-order valence-corrected chi connectivity index (χ3v) is 7.19. The first-order valence-electron chi connectivity index (χ1n) is 11.4. The Bertz CT molecular complexity index is 1120. The summed E-state index contributed by atoms with van der Waals surface area (Å²) in [4.78, 5) is 15.9. The zero-order valence-corrected chi connectivity index (χ0v) is 20.8. The predicted octanol–water partition coefficient (Wildman–Crippen LogP) is 7.78. The number of rotatable bonds is 6. The third kappa shape index (κ3) is 5.05. The van der Waals surface area contributed by atoms with Crippen LogP contribution >= 0.6 is 23.2 Å². The van der Waals surface area contributed by atoms with Gasteiger partial charge in [-0.25, -0.2) is 0 Å². The van der Waals surface area contributed by atoms with Crippen LogP contribution < -0.4 is 9.64 Å². The molecule has 3 aromatic rings. The number of amides is 1. The second-order valence-electron chi connectivity index (χ2n) is 8.88. The number of aryl methyl sites for hydroxylation is 1. The molecule has 0 bridgehead atoms. The third-order valence-electron chi connectivity index (χ3n) is 6.48. The summed E-state index contributed by atoms with van der Waals surface area (Å²) in [5.74, 6) is 1.00. The highest BCUT2D eigenvalue weighted by atomic mass is 35.5. The van der Waals surface area contributed by atoms with Gasteiger partial charge >= 0.3 is 0 Å². The first-order valence-corrected chi connectivity index (χ1v) is 12.2. The highest BCUT2D eigenvalue weighted by Crippen LogP contribution is 2.38. The average molecular weight is 482 g/mol. The fraction of sp³-hybridized carbons (Fsp3) is 0.321. The minimum atomic E-state index is -0.241. The fourth-order valence-electron chi connectivity index (χ4n) is 4.53. The zero-order valence-electron chi connectivity index (χ0n) is 19.3. The lowest BCUT2D eigenvalue weighted by Gasteiger charge is -2.32. The van der Waals surface area contributed by atoms with Gasteiger partial charge in [0.25, 0.3) is 0 Å². The minimum Gasteiger partial charge on any atom is -0.497 e. The van der Waals surface area contributed by atoms with E-state index in [0.29, 0.717) is 22.5 Å². The topological polar surface area (TPSA) is 29.5 Å². The molecule has 5 heteroatoms. The molecule has 0 N–H and O–H groups in total. The monoisotopic (exact) mass is 481 g/mol. The van der Waals surface area contributed by atoms with Crippen LogP contribution in [0.5, 0.6) is 5.75 Å². The van der Waals surface area contributed by atoms with Crippen molar-refractivity contribution in [1.29, 1.82) is 0 Å². The Balaban J connectivity index is 1.76. The number of carbonyl (C=O) groups excluding carboxylic acids is 1. The van der Waals surface area contributed by atoms with Crippen LogP contribution in [0.25, 0.3) is 0 Å². The van der Waals surface area contributed by atoms with Gasteiger partial charge in [-0.15, -0.1) is 0 Å². The Morgan fingerprint density at radius 3 is 2.39 bits per heavy atom. The molecule has 1 unspecified atom stereocenters. The molecule has 3 aromatic carbocycles. The molecule has 3 nitrogen and oxygen atoms in total. The van der Waals surface area contributed by atoms with Crippen molar-refractivity contribution in [2.45, 2.75) is 51.5 Å². The van der Waals surface area contributed by atoms with E-state index in [9.17, 15) is 4.79 Å². The zero-order chi connectivity index (χ0) is 23.5. The Hall–Kier alpha value is -2.49. The van der Waals surface area contributed by atoms with Gasteiger partial charge in [0, 0.05) is 21.3 Å². The summed E-state index contributed by atoms with van der Waals surface area (Å²) in [6, 6.07) is 19.7. The van der Waals surface area contributed by atoms with Gasteiger partial charge in [-0.3, -0.25) is 4.79 Å². The van der Waals surface area contributed by atoms with Crippen molar-refractivity contribution < 1.29 is 9.53 Å². The number of nitrogens with zero attached hydrogens (tertiary/aromatic N) is 1. The summed E-state index contributed by atoms with van der Waals surface area (Å²) < 4.78 is 5.46. The van der Waals surface area contributed by atoms with Gasteiger partial charge in [0.2, 0.25) is 5.91 Å². The van der Waals surface area contributed by atoms with Crippen LogP contribution in [0, 0.1) is 0 Å². The van der Waals surface area contributed by atoms with Gasteiger partial charge < -0.3 is 9.64 Å². The van der Waals surface area contributed by atoms with Crippen molar-refractivity contribution in [2.24, 2.45) is 0 Å². The first-order chi connectivity index (χ1) is 15.9. The van der Waals surface area contributed by atoms with Crippen molar-refractivity contribution in [1.82, 2.24) is 0 Å². The predicted molar refractivity (Wildman–Crippen MR) is 137 cm³/mol. The van der Waals surface area contributed by atoms with Crippen molar-refractivity contribution in [2.75, 3.05) is 12.0 Å². The molecular weight excluding hydrogens is 453 g/mol. The maximum atomic E-state index is 14.1. The van der Waals surface area contributed by atoms with E-state index in [1.54, 1.807) is 7.11 Å². The molecule has 1 amide bonds. The molecule has 0 fully saturated rings. The number of hydrogen-bond acceptors (Lipinski definition) is 2. The van der Waals surface area contributed by atoms with E-state index in [1.165, 1.54) is 11.1 Å². The molecule has 1 aliphatic carbocycles. The number of benzene rings is 3. The second-order valence-corrected chi connectivity index (χ2v) is 9.69. The molecular formula is C28H29Cl2NO2. The number of ether oxygens (including phenoxy) is 1. The maximum absolute atomic E-state index is 14.1. The van der Waals surface area contributed by atoms with Gasteiger partial charge in [0.15, 0.2) is 0 Å².